The number of hydrogen-bond donors (Lipinski definition) is 0. The lowest BCUT2D eigenvalue weighted by Gasteiger charge is -2.35. The van der Waals surface area contributed by atoms with Crippen LogP contribution in [0.2, 0.25) is 0 Å². The van der Waals surface area contributed by atoms with Gasteiger partial charge in [0, 0.05) is 50.8 Å². The van der Waals surface area contributed by atoms with Gasteiger partial charge in [-0.3, -0.25) is 4.79 Å². The summed E-state index contributed by atoms with van der Waals surface area (Å²) in [6.45, 7) is 3.12. The smallest absolute Gasteiger partial charge is 0.223 e. The van der Waals surface area contributed by atoms with Gasteiger partial charge >= 0.3 is 0 Å². The number of pyridine rings is 1. The maximum Gasteiger partial charge on any atom is 0.223 e. The minimum absolute atomic E-state index is 0.188. The number of anilines is 1. The van der Waals surface area contributed by atoms with Gasteiger partial charge in [-0.1, -0.05) is 36.4 Å². The van der Waals surface area contributed by atoms with Crippen LogP contribution in [-0.4, -0.2) is 42.0 Å². The second-order valence-corrected chi connectivity index (χ2v) is 6.69. The summed E-state index contributed by atoms with van der Waals surface area (Å²) in [5, 5.41) is 0. The number of benzene rings is 1. The molecule has 1 aliphatic rings. The zero-order valence-electron chi connectivity index (χ0n) is 15.3. The molecule has 0 aliphatic carbocycles. The highest BCUT2D eigenvalue weighted by molar-refractivity contribution is 5.76. The van der Waals surface area contributed by atoms with Gasteiger partial charge in [-0.15, -0.1) is 0 Å². The molecule has 138 valence electrons. The molecule has 0 saturated carbocycles. The average molecular weight is 361 g/mol. The predicted molar refractivity (Wildman–Crippen MR) is 105 cm³/mol. The van der Waals surface area contributed by atoms with E-state index in [4.69, 9.17) is 4.42 Å². The normalized spacial score (nSPS) is 14.4. The molecule has 0 atom stereocenters. The summed E-state index contributed by atoms with van der Waals surface area (Å²) < 4.78 is 5.90. The van der Waals surface area contributed by atoms with E-state index in [0.717, 1.165) is 49.1 Å². The van der Waals surface area contributed by atoms with Crippen LogP contribution in [0.25, 0.3) is 11.3 Å². The molecule has 1 saturated heterocycles. The summed E-state index contributed by atoms with van der Waals surface area (Å²) in [6.07, 6.45) is 2.91. The van der Waals surface area contributed by atoms with Gasteiger partial charge < -0.3 is 14.2 Å². The molecule has 0 bridgehead atoms. The Labute approximate surface area is 159 Å². The van der Waals surface area contributed by atoms with Crippen molar-refractivity contribution < 1.29 is 9.21 Å². The summed E-state index contributed by atoms with van der Waals surface area (Å²) in [4.78, 5) is 21.1. The molecule has 1 fully saturated rings. The standard InChI is InChI=1S/C22H23N3O2/c26-22(25-16-14-24(15-17-25)21-8-4-5-13-23-21)12-10-19-9-11-20(27-19)18-6-2-1-3-7-18/h1-9,11,13H,10,12,14-17H2. The van der Waals surface area contributed by atoms with Crippen LogP contribution >= 0.6 is 0 Å². The number of nitrogens with zero attached hydrogens (tertiary/aromatic N) is 3. The maximum absolute atomic E-state index is 12.5. The molecule has 3 heterocycles. The third-order valence-electron chi connectivity index (χ3n) is 4.91. The van der Waals surface area contributed by atoms with Gasteiger partial charge in [0.2, 0.25) is 5.91 Å². The van der Waals surface area contributed by atoms with Crippen molar-refractivity contribution >= 4 is 11.7 Å². The van der Waals surface area contributed by atoms with Crippen LogP contribution in [0.1, 0.15) is 12.2 Å². The van der Waals surface area contributed by atoms with Crippen LogP contribution in [0.4, 0.5) is 5.82 Å². The lowest BCUT2D eigenvalue weighted by molar-refractivity contribution is -0.131. The van der Waals surface area contributed by atoms with Gasteiger partial charge in [0.15, 0.2) is 0 Å². The molecule has 0 unspecified atom stereocenters. The Morgan fingerprint density at radius 3 is 2.44 bits per heavy atom. The Balaban J connectivity index is 1.27. The van der Waals surface area contributed by atoms with Gasteiger partial charge in [0.1, 0.15) is 17.3 Å². The van der Waals surface area contributed by atoms with E-state index in [2.05, 4.69) is 9.88 Å². The number of piperazine rings is 1. The Morgan fingerprint density at radius 1 is 0.926 bits per heavy atom. The van der Waals surface area contributed by atoms with Crippen molar-refractivity contribution in [1.82, 2.24) is 9.88 Å². The fraction of sp³-hybridized carbons (Fsp3) is 0.273. The van der Waals surface area contributed by atoms with Crippen LogP contribution in [0.3, 0.4) is 0 Å². The van der Waals surface area contributed by atoms with Crippen molar-refractivity contribution in [3.8, 4) is 11.3 Å². The molecular formula is C22H23N3O2. The number of amides is 1. The molecule has 0 N–H and O–H groups in total. The molecular weight excluding hydrogens is 338 g/mol. The molecule has 0 spiro atoms. The Morgan fingerprint density at radius 2 is 1.70 bits per heavy atom. The van der Waals surface area contributed by atoms with Crippen LogP contribution in [0, 0.1) is 0 Å². The number of hydrogen-bond acceptors (Lipinski definition) is 4. The number of aromatic nitrogens is 1. The van der Waals surface area contributed by atoms with E-state index in [1.807, 2.05) is 65.6 Å². The monoisotopic (exact) mass is 361 g/mol. The van der Waals surface area contributed by atoms with Gasteiger partial charge in [-0.25, -0.2) is 4.98 Å². The summed E-state index contributed by atoms with van der Waals surface area (Å²) in [5.41, 5.74) is 1.06. The number of furan rings is 1. The van der Waals surface area contributed by atoms with Crippen molar-refractivity contribution in [2.45, 2.75) is 12.8 Å². The van der Waals surface area contributed by atoms with E-state index < -0.39 is 0 Å². The number of carbonyl (C=O) groups is 1. The van der Waals surface area contributed by atoms with Crippen molar-refractivity contribution in [1.29, 1.82) is 0 Å². The highest BCUT2D eigenvalue weighted by Crippen LogP contribution is 2.22. The largest absolute Gasteiger partial charge is 0.461 e. The summed E-state index contributed by atoms with van der Waals surface area (Å²) in [5.74, 6) is 2.87. The molecule has 27 heavy (non-hydrogen) atoms. The van der Waals surface area contributed by atoms with Crippen molar-refractivity contribution in [3.05, 3.63) is 72.6 Å². The van der Waals surface area contributed by atoms with E-state index in [1.54, 1.807) is 6.20 Å². The fourth-order valence-electron chi connectivity index (χ4n) is 3.38. The minimum atomic E-state index is 0.188. The molecule has 5 nitrogen and oxygen atoms in total. The topological polar surface area (TPSA) is 49.6 Å². The van der Waals surface area contributed by atoms with Gasteiger partial charge in [0.05, 0.1) is 0 Å². The Kier molecular flexibility index (Phi) is 5.19. The molecule has 1 amide bonds. The van der Waals surface area contributed by atoms with E-state index in [-0.39, 0.29) is 5.91 Å². The molecule has 3 aromatic rings. The van der Waals surface area contributed by atoms with Crippen LogP contribution in [0.15, 0.2) is 71.3 Å². The van der Waals surface area contributed by atoms with Crippen molar-refractivity contribution in [2.24, 2.45) is 0 Å². The van der Waals surface area contributed by atoms with Crippen molar-refractivity contribution in [3.63, 3.8) is 0 Å². The molecule has 1 aromatic carbocycles. The third-order valence-corrected chi connectivity index (χ3v) is 4.91. The highest BCUT2D eigenvalue weighted by Gasteiger charge is 2.21. The lowest BCUT2D eigenvalue weighted by atomic mass is 10.2. The predicted octanol–water partition coefficient (Wildman–Crippen LogP) is 3.62. The van der Waals surface area contributed by atoms with Crippen LogP contribution in [-0.2, 0) is 11.2 Å². The Bertz CT molecular complexity index is 869. The first-order valence-electron chi connectivity index (χ1n) is 9.37. The molecule has 5 heteroatoms. The molecule has 1 aliphatic heterocycles. The second-order valence-electron chi connectivity index (χ2n) is 6.69. The lowest BCUT2D eigenvalue weighted by Crippen LogP contribution is -2.49. The fourth-order valence-corrected chi connectivity index (χ4v) is 3.38. The molecule has 0 radical (unpaired) electrons. The summed E-state index contributed by atoms with van der Waals surface area (Å²) in [7, 11) is 0. The van der Waals surface area contributed by atoms with E-state index in [9.17, 15) is 4.79 Å². The summed E-state index contributed by atoms with van der Waals surface area (Å²) >= 11 is 0. The first-order chi connectivity index (χ1) is 13.3. The minimum Gasteiger partial charge on any atom is -0.461 e. The van der Waals surface area contributed by atoms with Gasteiger partial charge in [0.25, 0.3) is 0 Å². The van der Waals surface area contributed by atoms with Crippen LogP contribution < -0.4 is 4.90 Å². The Hall–Kier alpha value is -3.08. The third kappa shape index (κ3) is 4.19. The van der Waals surface area contributed by atoms with E-state index in [1.165, 1.54) is 0 Å². The zero-order chi connectivity index (χ0) is 18.5. The maximum atomic E-state index is 12.5. The van der Waals surface area contributed by atoms with E-state index in [0.29, 0.717) is 12.8 Å². The van der Waals surface area contributed by atoms with Crippen molar-refractivity contribution in [2.75, 3.05) is 31.1 Å². The highest BCUT2D eigenvalue weighted by atomic mass is 16.3. The average Bonchev–Trinajstić information content (AvgIpc) is 3.22. The number of carbonyl (C=O) groups excluding carboxylic acids is 1. The van der Waals surface area contributed by atoms with Gasteiger partial charge in [-0.2, -0.15) is 0 Å². The number of aryl methyl sites for hydroxylation is 1. The quantitative estimate of drug-likeness (QED) is 0.696. The first kappa shape index (κ1) is 17.3. The zero-order valence-corrected chi connectivity index (χ0v) is 15.3. The van der Waals surface area contributed by atoms with Gasteiger partial charge in [-0.05, 0) is 24.3 Å². The van der Waals surface area contributed by atoms with Crippen LogP contribution in [0.5, 0.6) is 0 Å². The molecule has 4 rings (SSSR count). The second kappa shape index (κ2) is 8.08. The summed E-state index contributed by atoms with van der Waals surface area (Å²) in [6, 6.07) is 19.9. The van der Waals surface area contributed by atoms with E-state index >= 15 is 0 Å². The number of rotatable bonds is 5. The molecule has 2 aromatic heterocycles. The first-order valence-corrected chi connectivity index (χ1v) is 9.37. The SMILES string of the molecule is O=C(CCc1ccc(-c2ccccc2)o1)N1CCN(c2ccccn2)CC1.